The third kappa shape index (κ3) is 7.20. The molecule has 3 nitrogen and oxygen atoms in total. The quantitative estimate of drug-likeness (QED) is 0.539. The minimum Gasteiger partial charge on any atom is -0.396 e. The highest BCUT2D eigenvalue weighted by atomic mass is 16.3. The molecule has 0 aromatic rings. The SMILES string of the molecule is CCCC(O)(CCC)CNC(C)CCCO. The lowest BCUT2D eigenvalue weighted by Gasteiger charge is -2.29. The maximum absolute atomic E-state index is 10.4. The molecular formula is C13H29NO2. The molecule has 0 aliphatic carbocycles. The molecule has 0 rings (SSSR count). The molecule has 0 saturated carbocycles. The van der Waals surface area contributed by atoms with Crippen molar-refractivity contribution in [3.8, 4) is 0 Å². The number of aliphatic hydroxyl groups excluding tert-OH is 1. The van der Waals surface area contributed by atoms with Crippen molar-refractivity contribution in [1.29, 1.82) is 0 Å². The molecule has 1 unspecified atom stereocenters. The highest BCUT2D eigenvalue weighted by Gasteiger charge is 2.24. The molecule has 0 bridgehead atoms. The molecule has 0 aliphatic rings. The second-order valence-corrected chi connectivity index (χ2v) is 4.87. The van der Waals surface area contributed by atoms with Gasteiger partial charge in [0.1, 0.15) is 0 Å². The van der Waals surface area contributed by atoms with E-state index < -0.39 is 5.60 Å². The molecular weight excluding hydrogens is 202 g/mol. The van der Waals surface area contributed by atoms with E-state index in [0.29, 0.717) is 12.6 Å². The Balaban J connectivity index is 3.90. The monoisotopic (exact) mass is 231 g/mol. The summed E-state index contributed by atoms with van der Waals surface area (Å²) in [6, 6.07) is 0.368. The van der Waals surface area contributed by atoms with Crippen LogP contribution < -0.4 is 5.32 Å². The van der Waals surface area contributed by atoms with Crippen molar-refractivity contribution in [1.82, 2.24) is 5.32 Å². The summed E-state index contributed by atoms with van der Waals surface area (Å²) in [4.78, 5) is 0. The van der Waals surface area contributed by atoms with E-state index in [1.807, 2.05) is 0 Å². The summed E-state index contributed by atoms with van der Waals surface area (Å²) >= 11 is 0. The number of hydrogen-bond acceptors (Lipinski definition) is 3. The number of hydrogen-bond donors (Lipinski definition) is 3. The molecule has 3 N–H and O–H groups in total. The van der Waals surface area contributed by atoms with Crippen LogP contribution in [0.3, 0.4) is 0 Å². The minimum atomic E-state index is -0.545. The van der Waals surface area contributed by atoms with Crippen LogP contribution in [0.4, 0.5) is 0 Å². The van der Waals surface area contributed by atoms with Crippen molar-refractivity contribution >= 4 is 0 Å². The first-order valence-corrected chi connectivity index (χ1v) is 6.64. The highest BCUT2D eigenvalue weighted by molar-refractivity contribution is 4.81. The summed E-state index contributed by atoms with van der Waals surface area (Å²) in [7, 11) is 0. The van der Waals surface area contributed by atoms with E-state index in [1.54, 1.807) is 0 Å². The van der Waals surface area contributed by atoms with Gasteiger partial charge in [-0.1, -0.05) is 26.7 Å². The summed E-state index contributed by atoms with van der Waals surface area (Å²) in [5.41, 5.74) is -0.545. The third-order valence-electron chi connectivity index (χ3n) is 3.01. The zero-order valence-electron chi connectivity index (χ0n) is 11.1. The number of nitrogens with one attached hydrogen (secondary N) is 1. The van der Waals surface area contributed by atoms with Crippen molar-refractivity contribution in [3.05, 3.63) is 0 Å². The molecule has 0 spiro atoms. The van der Waals surface area contributed by atoms with Gasteiger partial charge in [-0.3, -0.25) is 0 Å². The summed E-state index contributed by atoms with van der Waals surface area (Å²) in [6.45, 7) is 7.24. The van der Waals surface area contributed by atoms with Crippen molar-refractivity contribution < 1.29 is 10.2 Å². The first kappa shape index (κ1) is 15.9. The Morgan fingerprint density at radius 2 is 1.75 bits per heavy atom. The molecule has 0 aliphatic heterocycles. The van der Waals surface area contributed by atoms with Gasteiger partial charge >= 0.3 is 0 Å². The van der Waals surface area contributed by atoms with Gasteiger partial charge in [-0.2, -0.15) is 0 Å². The Hall–Kier alpha value is -0.120. The van der Waals surface area contributed by atoms with Gasteiger partial charge in [-0.05, 0) is 32.6 Å². The topological polar surface area (TPSA) is 52.5 Å². The van der Waals surface area contributed by atoms with Crippen LogP contribution in [-0.4, -0.2) is 35.0 Å². The van der Waals surface area contributed by atoms with Gasteiger partial charge in [-0.15, -0.1) is 0 Å². The Labute approximate surface area is 100 Å². The average Bonchev–Trinajstić information content (AvgIpc) is 2.24. The lowest BCUT2D eigenvalue weighted by atomic mass is 9.92. The summed E-state index contributed by atoms with van der Waals surface area (Å²) < 4.78 is 0. The fourth-order valence-electron chi connectivity index (χ4n) is 2.10. The van der Waals surface area contributed by atoms with Crippen molar-refractivity contribution in [2.75, 3.05) is 13.2 Å². The maximum atomic E-state index is 10.4. The van der Waals surface area contributed by atoms with Crippen molar-refractivity contribution in [2.45, 2.75) is 70.9 Å². The molecule has 0 amide bonds. The highest BCUT2D eigenvalue weighted by Crippen LogP contribution is 2.18. The molecule has 0 saturated heterocycles. The molecule has 1 atom stereocenters. The van der Waals surface area contributed by atoms with Crippen LogP contribution in [0, 0.1) is 0 Å². The van der Waals surface area contributed by atoms with Gasteiger partial charge in [0.2, 0.25) is 0 Å². The van der Waals surface area contributed by atoms with Crippen LogP contribution in [-0.2, 0) is 0 Å². The molecule has 0 fully saturated rings. The van der Waals surface area contributed by atoms with E-state index in [1.165, 1.54) is 0 Å². The van der Waals surface area contributed by atoms with Gasteiger partial charge in [0, 0.05) is 19.2 Å². The van der Waals surface area contributed by atoms with Crippen LogP contribution in [0.2, 0.25) is 0 Å². The van der Waals surface area contributed by atoms with Crippen LogP contribution in [0.5, 0.6) is 0 Å². The normalized spacial score (nSPS) is 14.1. The predicted molar refractivity (Wildman–Crippen MR) is 68.6 cm³/mol. The van der Waals surface area contributed by atoms with Crippen molar-refractivity contribution in [3.63, 3.8) is 0 Å². The Morgan fingerprint density at radius 3 is 2.19 bits per heavy atom. The summed E-state index contributed by atoms with van der Waals surface area (Å²) in [5, 5.41) is 22.5. The lowest BCUT2D eigenvalue weighted by molar-refractivity contribution is 0.0193. The van der Waals surface area contributed by atoms with Crippen LogP contribution in [0.15, 0.2) is 0 Å². The largest absolute Gasteiger partial charge is 0.396 e. The predicted octanol–water partition coefficient (Wildman–Crippen LogP) is 2.07. The molecule has 16 heavy (non-hydrogen) atoms. The summed E-state index contributed by atoms with van der Waals surface area (Å²) in [5.74, 6) is 0. The maximum Gasteiger partial charge on any atom is 0.0771 e. The van der Waals surface area contributed by atoms with E-state index in [2.05, 4.69) is 26.1 Å². The standard InChI is InChI=1S/C13H29NO2/c1-4-8-13(16,9-5-2)11-14-12(3)7-6-10-15/h12,14-16H,4-11H2,1-3H3. The fraction of sp³-hybridized carbons (Fsp3) is 1.00. The van der Waals surface area contributed by atoms with E-state index in [-0.39, 0.29) is 6.61 Å². The zero-order chi connectivity index (χ0) is 12.4. The lowest BCUT2D eigenvalue weighted by Crippen LogP contribution is -2.43. The third-order valence-corrected chi connectivity index (χ3v) is 3.01. The molecule has 98 valence electrons. The first-order valence-electron chi connectivity index (χ1n) is 6.64. The number of aliphatic hydroxyl groups is 2. The second kappa shape index (κ2) is 8.97. The van der Waals surface area contributed by atoms with Gasteiger partial charge in [0.05, 0.1) is 5.60 Å². The van der Waals surface area contributed by atoms with Gasteiger partial charge < -0.3 is 15.5 Å². The Morgan fingerprint density at radius 1 is 1.19 bits per heavy atom. The molecule has 0 radical (unpaired) electrons. The summed E-state index contributed by atoms with van der Waals surface area (Å²) in [6.07, 6.45) is 5.55. The van der Waals surface area contributed by atoms with E-state index in [0.717, 1.165) is 38.5 Å². The van der Waals surface area contributed by atoms with E-state index in [4.69, 9.17) is 5.11 Å². The molecule has 0 aromatic carbocycles. The first-order chi connectivity index (χ1) is 7.58. The zero-order valence-corrected chi connectivity index (χ0v) is 11.1. The Kier molecular flexibility index (Phi) is 8.90. The van der Waals surface area contributed by atoms with E-state index in [9.17, 15) is 5.11 Å². The van der Waals surface area contributed by atoms with Crippen LogP contribution >= 0.6 is 0 Å². The fourth-order valence-corrected chi connectivity index (χ4v) is 2.10. The van der Waals surface area contributed by atoms with Crippen LogP contribution in [0.25, 0.3) is 0 Å². The van der Waals surface area contributed by atoms with Gasteiger partial charge in [-0.25, -0.2) is 0 Å². The minimum absolute atomic E-state index is 0.250. The average molecular weight is 231 g/mol. The van der Waals surface area contributed by atoms with Crippen LogP contribution in [0.1, 0.15) is 59.3 Å². The van der Waals surface area contributed by atoms with Crippen molar-refractivity contribution in [2.24, 2.45) is 0 Å². The second-order valence-electron chi connectivity index (χ2n) is 4.87. The van der Waals surface area contributed by atoms with Gasteiger partial charge in [0.25, 0.3) is 0 Å². The molecule has 3 heteroatoms. The van der Waals surface area contributed by atoms with E-state index >= 15 is 0 Å². The number of rotatable bonds is 10. The molecule has 0 heterocycles. The molecule has 0 aromatic heterocycles. The Bertz CT molecular complexity index is 156. The smallest absolute Gasteiger partial charge is 0.0771 e. The van der Waals surface area contributed by atoms with Gasteiger partial charge in [0.15, 0.2) is 0 Å².